The summed E-state index contributed by atoms with van der Waals surface area (Å²) in [5.74, 6) is 1.25. The number of nitrogens with zero attached hydrogens (tertiary/aromatic N) is 2. The predicted molar refractivity (Wildman–Crippen MR) is 102 cm³/mol. The van der Waals surface area contributed by atoms with E-state index in [1.165, 1.54) is 0 Å². The van der Waals surface area contributed by atoms with Crippen molar-refractivity contribution in [3.63, 3.8) is 0 Å². The van der Waals surface area contributed by atoms with Gasteiger partial charge in [-0.05, 0) is 52.7 Å². The number of hydrogen-bond acceptors (Lipinski definition) is 5. The number of piperidine rings is 1. The summed E-state index contributed by atoms with van der Waals surface area (Å²) in [5.41, 5.74) is 5.46. The number of hydrogen-bond donors (Lipinski definition) is 1. The van der Waals surface area contributed by atoms with E-state index in [1.54, 1.807) is 11.1 Å². The van der Waals surface area contributed by atoms with Crippen LogP contribution in [-0.2, 0) is 4.74 Å². The maximum Gasteiger partial charge on any atom is 0.410 e. The van der Waals surface area contributed by atoms with Crippen LogP contribution in [0.1, 0.15) is 40.5 Å². The normalized spacial score (nSPS) is 20.8. The van der Waals surface area contributed by atoms with E-state index in [9.17, 15) is 4.79 Å². The average Bonchev–Trinajstić information content (AvgIpc) is 2.56. The summed E-state index contributed by atoms with van der Waals surface area (Å²) in [5, 5.41) is 1.80. The van der Waals surface area contributed by atoms with Crippen LogP contribution in [-0.4, -0.2) is 40.3 Å². The van der Waals surface area contributed by atoms with Gasteiger partial charge in [0.05, 0.1) is 6.04 Å². The summed E-state index contributed by atoms with van der Waals surface area (Å²) in [7, 11) is 0. The summed E-state index contributed by atoms with van der Waals surface area (Å²) in [6, 6.07) is 7.60. The Labute approximate surface area is 154 Å². The van der Waals surface area contributed by atoms with Gasteiger partial charge in [0.25, 0.3) is 0 Å². The number of carbonyl (C=O) groups is 1. The van der Waals surface area contributed by atoms with E-state index in [0.29, 0.717) is 12.4 Å². The number of amides is 1. The molecule has 6 nitrogen and oxygen atoms in total. The van der Waals surface area contributed by atoms with Crippen molar-refractivity contribution < 1.29 is 14.3 Å². The van der Waals surface area contributed by atoms with Crippen LogP contribution in [0.5, 0.6) is 5.75 Å². The molecule has 1 aromatic heterocycles. The van der Waals surface area contributed by atoms with Gasteiger partial charge in [0, 0.05) is 23.5 Å². The topological polar surface area (TPSA) is 77.7 Å². The molecular weight excluding hydrogens is 330 g/mol. The van der Waals surface area contributed by atoms with E-state index in [4.69, 9.17) is 15.2 Å². The molecule has 0 aliphatic carbocycles. The average molecular weight is 357 g/mol. The lowest BCUT2D eigenvalue weighted by Gasteiger charge is -2.39. The van der Waals surface area contributed by atoms with Gasteiger partial charge in [-0.15, -0.1) is 0 Å². The molecular formula is C20H27N3O3. The largest absolute Gasteiger partial charge is 0.488 e. The number of fused-ring (bicyclic) bond motifs is 1. The number of nitrogen functional groups attached to an aromatic ring is 1. The summed E-state index contributed by atoms with van der Waals surface area (Å²) >= 11 is 0. The van der Waals surface area contributed by atoms with Gasteiger partial charge in [0.2, 0.25) is 0 Å². The molecule has 6 heteroatoms. The lowest BCUT2D eigenvalue weighted by Crippen LogP contribution is -2.52. The molecule has 1 saturated heterocycles. The molecule has 2 atom stereocenters. The predicted octanol–water partition coefficient (Wildman–Crippen LogP) is 3.98. The highest BCUT2D eigenvalue weighted by Gasteiger charge is 2.35. The smallest absolute Gasteiger partial charge is 0.410 e. The Kier molecular flexibility index (Phi) is 4.94. The Hall–Kier alpha value is -2.50. The van der Waals surface area contributed by atoms with Crippen molar-refractivity contribution in [3.05, 3.63) is 30.5 Å². The lowest BCUT2D eigenvalue weighted by molar-refractivity contribution is -0.0116. The second kappa shape index (κ2) is 7.02. The summed E-state index contributed by atoms with van der Waals surface area (Å²) in [4.78, 5) is 18.4. The first-order chi connectivity index (χ1) is 12.3. The maximum atomic E-state index is 12.5. The SMILES string of the molecule is CC1C(Oc2cccc3c(N)nccc23)CCCN1C(=O)OC(C)(C)C. The number of pyridine rings is 1. The molecule has 2 heterocycles. The van der Waals surface area contributed by atoms with Gasteiger partial charge in [0.15, 0.2) is 0 Å². The van der Waals surface area contributed by atoms with Crippen LogP contribution in [0.25, 0.3) is 10.8 Å². The maximum absolute atomic E-state index is 12.5. The summed E-state index contributed by atoms with van der Waals surface area (Å²) in [6.07, 6.45) is 3.06. The molecule has 1 fully saturated rings. The van der Waals surface area contributed by atoms with Gasteiger partial charge in [-0.1, -0.05) is 12.1 Å². The highest BCUT2D eigenvalue weighted by atomic mass is 16.6. The van der Waals surface area contributed by atoms with Crippen LogP contribution in [0.15, 0.2) is 30.5 Å². The number of benzene rings is 1. The van der Waals surface area contributed by atoms with E-state index in [-0.39, 0.29) is 18.2 Å². The second-order valence-electron chi connectivity index (χ2n) is 7.76. The van der Waals surface area contributed by atoms with E-state index in [1.807, 2.05) is 52.0 Å². The number of rotatable bonds is 2. The third-order valence-electron chi connectivity index (χ3n) is 4.62. The van der Waals surface area contributed by atoms with E-state index in [0.717, 1.165) is 29.4 Å². The quantitative estimate of drug-likeness (QED) is 0.879. The summed E-state index contributed by atoms with van der Waals surface area (Å²) in [6.45, 7) is 8.32. The molecule has 0 radical (unpaired) electrons. The second-order valence-corrected chi connectivity index (χ2v) is 7.76. The van der Waals surface area contributed by atoms with Crippen molar-refractivity contribution in [1.82, 2.24) is 9.88 Å². The molecule has 1 aliphatic rings. The van der Waals surface area contributed by atoms with Gasteiger partial charge >= 0.3 is 6.09 Å². The van der Waals surface area contributed by atoms with Crippen LogP contribution < -0.4 is 10.5 Å². The standard InChI is InChI=1S/C20H27N3O3/c1-13-16(9-6-12-23(13)19(24)26-20(2,3)4)25-17-8-5-7-15-14(17)10-11-22-18(15)21/h5,7-8,10-11,13,16H,6,9,12H2,1-4H3,(H2,21,22). The van der Waals surface area contributed by atoms with Crippen LogP contribution in [0, 0.1) is 0 Å². The Morgan fingerprint density at radius 1 is 1.27 bits per heavy atom. The molecule has 1 amide bonds. The van der Waals surface area contributed by atoms with Crippen LogP contribution in [0.2, 0.25) is 0 Å². The number of ether oxygens (including phenoxy) is 2. The van der Waals surface area contributed by atoms with E-state index < -0.39 is 5.60 Å². The third kappa shape index (κ3) is 3.84. The molecule has 2 aromatic rings. The van der Waals surface area contributed by atoms with E-state index >= 15 is 0 Å². The third-order valence-corrected chi connectivity index (χ3v) is 4.62. The summed E-state index contributed by atoms with van der Waals surface area (Å²) < 4.78 is 11.9. The molecule has 0 spiro atoms. The first kappa shape index (κ1) is 18.3. The highest BCUT2D eigenvalue weighted by Crippen LogP contribution is 2.31. The van der Waals surface area contributed by atoms with E-state index in [2.05, 4.69) is 4.98 Å². The Morgan fingerprint density at radius 2 is 2.04 bits per heavy atom. The Bertz CT molecular complexity index is 800. The molecule has 2 N–H and O–H groups in total. The van der Waals surface area contributed by atoms with Crippen molar-refractivity contribution >= 4 is 22.7 Å². The molecule has 26 heavy (non-hydrogen) atoms. The number of aromatic nitrogens is 1. The van der Waals surface area contributed by atoms with Crippen LogP contribution in [0.3, 0.4) is 0 Å². The monoisotopic (exact) mass is 357 g/mol. The van der Waals surface area contributed by atoms with Gasteiger partial charge in [-0.25, -0.2) is 9.78 Å². The van der Waals surface area contributed by atoms with Crippen molar-refractivity contribution in [2.24, 2.45) is 0 Å². The fourth-order valence-corrected chi connectivity index (χ4v) is 3.31. The minimum absolute atomic E-state index is 0.0759. The van der Waals surface area contributed by atoms with Gasteiger partial charge < -0.3 is 20.1 Å². The number of likely N-dealkylation sites (tertiary alicyclic amines) is 1. The van der Waals surface area contributed by atoms with Crippen molar-refractivity contribution in [2.45, 2.75) is 58.3 Å². The number of anilines is 1. The minimum Gasteiger partial charge on any atom is -0.488 e. The fourth-order valence-electron chi connectivity index (χ4n) is 3.31. The lowest BCUT2D eigenvalue weighted by atomic mass is 10.0. The molecule has 1 aliphatic heterocycles. The Balaban J connectivity index is 1.80. The van der Waals surface area contributed by atoms with Crippen molar-refractivity contribution in [1.29, 1.82) is 0 Å². The molecule has 2 unspecified atom stereocenters. The Morgan fingerprint density at radius 3 is 2.77 bits per heavy atom. The minimum atomic E-state index is -0.509. The van der Waals surface area contributed by atoms with Crippen LogP contribution >= 0.6 is 0 Å². The van der Waals surface area contributed by atoms with Crippen LogP contribution in [0.4, 0.5) is 10.6 Å². The van der Waals surface area contributed by atoms with Crippen molar-refractivity contribution in [2.75, 3.05) is 12.3 Å². The zero-order valence-electron chi connectivity index (χ0n) is 15.9. The van der Waals surface area contributed by atoms with Gasteiger partial charge in [-0.2, -0.15) is 0 Å². The zero-order chi connectivity index (χ0) is 18.9. The number of carbonyl (C=O) groups excluding carboxylic acids is 1. The van der Waals surface area contributed by atoms with Gasteiger partial charge in [-0.3, -0.25) is 0 Å². The zero-order valence-corrected chi connectivity index (χ0v) is 15.9. The fraction of sp³-hybridized carbons (Fsp3) is 0.500. The molecule has 0 saturated carbocycles. The number of nitrogens with two attached hydrogens (primary N) is 1. The van der Waals surface area contributed by atoms with Crippen molar-refractivity contribution in [3.8, 4) is 5.75 Å². The highest BCUT2D eigenvalue weighted by molar-refractivity contribution is 5.95. The molecule has 1 aromatic carbocycles. The first-order valence-corrected chi connectivity index (χ1v) is 9.06. The first-order valence-electron chi connectivity index (χ1n) is 9.06. The molecule has 0 bridgehead atoms. The van der Waals surface area contributed by atoms with Gasteiger partial charge in [0.1, 0.15) is 23.3 Å². The molecule has 140 valence electrons. The molecule has 3 rings (SSSR count).